The van der Waals surface area contributed by atoms with E-state index in [0.717, 1.165) is 11.3 Å². The second-order valence-electron chi connectivity index (χ2n) is 7.12. The lowest BCUT2D eigenvalue weighted by Gasteiger charge is -2.24. The number of sulfonamides is 1. The highest BCUT2D eigenvalue weighted by Crippen LogP contribution is 2.26. The lowest BCUT2D eigenvalue weighted by Crippen LogP contribution is -2.44. The van der Waals surface area contributed by atoms with Crippen molar-refractivity contribution in [3.63, 3.8) is 0 Å². The Kier molecular flexibility index (Phi) is 7.78. The summed E-state index contributed by atoms with van der Waals surface area (Å²) in [4.78, 5) is 32.4. The van der Waals surface area contributed by atoms with E-state index in [2.05, 4.69) is 15.8 Å². The molecule has 2 aromatic heterocycles. The molecule has 1 aliphatic heterocycles. The van der Waals surface area contributed by atoms with Crippen molar-refractivity contribution in [2.75, 3.05) is 37.7 Å². The molecule has 33 heavy (non-hydrogen) atoms. The van der Waals surface area contributed by atoms with Crippen LogP contribution in [0.1, 0.15) is 35.0 Å². The highest BCUT2D eigenvalue weighted by Gasteiger charge is 2.27. The number of carbonyl (C=O) groups is 2. The molecule has 0 bridgehead atoms. The minimum absolute atomic E-state index is 0.0441. The highest BCUT2D eigenvalue weighted by molar-refractivity contribution is 7.92. The van der Waals surface area contributed by atoms with Crippen molar-refractivity contribution in [3.05, 3.63) is 39.4 Å². The minimum atomic E-state index is -4.02. The highest BCUT2D eigenvalue weighted by atomic mass is 35.5. The zero-order valence-corrected chi connectivity index (χ0v) is 20.4. The maximum absolute atomic E-state index is 12.6. The molecule has 10 nitrogen and oxygen atoms in total. The van der Waals surface area contributed by atoms with E-state index < -0.39 is 22.0 Å². The average molecular weight is 512 g/mol. The van der Waals surface area contributed by atoms with Crippen LogP contribution in [0.15, 0.2) is 22.4 Å². The molecular formula is C20H22ClN5O5S2. The molecule has 3 rings (SSSR count). The van der Waals surface area contributed by atoms with Gasteiger partial charge in [0, 0.05) is 26.2 Å². The second kappa shape index (κ2) is 10.4. The first-order valence-corrected chi connectivity index (χ1v) is 12.7. The van der Waals surface area contributed by atoms with E-state index in [1.165, 1.54) is 23.1 Å². The molecular weight excluding hydrogens is 490 g/mol. The van der Waals surface area contributed by atoms with E-state index in [1.807, 2.05) is 4.90 Å². The fourth-order valence-electron chi connectivity index (χ4n) is 3.34. The number of rotatable bonds is 5. The third kappa shape index (κ3) is 5.73. The Morgan fingerprint density at radius 2 is 2.06 bits per heavy atom. The molecule has 13 heteroatoms. The van der Waals surface area contributed by atoms with Crippen molar-refractivity contribution in [1.29, 1.82) is 5.26 Å². The molecule has 1 aliphatic rings. The van der Waals surface area contributed by atoms with Crippen LogP contribution < -0.4 is 9.62 Å². The number of hydrogen-bond donors (Lipinski definition) is 1. The summed E-state index contributed by atoms with van der Waals surface area (Å²) in [5.74, 6) is -0.136. The first-order valence-electron chi connectivity index (χ1n) is 10.1. The van der Waals surface area contributed by atoms with Gasteiger partial charge in [-0.1, -0.05) is 11.6 Å². The number of nitrogens with zero attached hydrogens (tertiary/aromatic N) is 4. The van der Waals surface area contributed by atoms with Gasteiger partial charge in [-0.25, -0.2) is 27.7 Å². The number of urea groups is 1. The zero-order chi connectivity index (χ0) is 24.2. The molecule has 0 spiro atoms. The van der Waals surface area contributed by atoms with Gasteiger partial charge in [0.1, 0.15) is 16.1 Å². The van der Waals surface area contributed by atoms with Crippen LogP contribution in [-0.4, -0.2) is 63.1 Å². The summed E-state index contributed by atoms with van der Waals surface area (Å²) < 4.78 is 32.2. The number of amides is 2. The summed E-state index contributed by atoms with van der Waals surface area (Å²) in [6.45, 7) is 4.94. The minimum Gasteiger partial charge on any atom is -0.462 e. The van der Waals surface area contributed by atoms with Crippen LogP contribution in [0, 0.1) is 18.3 Å². The summed E-state index contributed by atoms with van der Waals surface area (Å²) in [6.07, 6.45) is 0.531. The number of carbonyl (C=O) groups excluding carboxylic acids is 2. The van der Waals surface area contributed by atoms with Gasteiger partial charge < -0.3 is 14.5 Å². The second-order valence-corrected chi connectivity index (χ2v) is 10.7. The Morgan fingerprint density at radius 1 is 1.30 bits per heavy atom. The van der Waals surface area contributed by atoms with Gasteiger partial charge in [0.25, 0.3) is 10.0 Å². The largest absolute Gasteiger partial charge is 0.462 e. The first kappa shape index (κ1) is 24.8. The van der Waals surface area contributed by atoms with Crippen LogP contribution in [-0.2, 0) is 14.8 Å². The molecule has 0 aromatic carbocycles. The number of ether oxygens (including phenoxy) is 1. The standard InChI is InChI=1S/C20H22ClN5O5S2/c1-3-31-19(27)15-11-14(12-22)18(23-13(15)2)25-7-4-8-26(10-9-25)20(28)24-33(29,30)17-6-5-16(21)32-17/h5-6,11H,3-4,7-10H2,1-2H3,(H,24,28). The van der Waals surface area contributed by atoms with E-state index in [9.17, 15) is 23.3 Å². The third-order valence-corrected chi connectivity index (χ3v) is 7.97. The van der Waals surface area contributed by atoms with Gasteiger partial charge >= 0.3 is 12.0 Å². The lowest BCUT2D eigenvalue weighted by molar-refractivity contribution is 0.0525. The number of aryl methyl sites for hydroxylation is 1. The van der Waals surface area contributed by atoms with E-state index in [0.29, 0.717) is 41.9 Å². The number of anilines is 1. The first-order chi connectivity index (χ1) is 15.7. The topological polar surface area (TPSA) is 133 Å². The van der Waals surface area contributed by atoms with Crippen molar-refractivity contribution < 1.29 is 22.7 Å². The van der Waals surface area contributed by atoms with Gasteiger partial charge in [-0.15, -0.1) is 11.3 Å². The van der Waals surface area contributed by atoms with Crippen LogP contribution in [0.5, 0.6) is 0 Å². The Balaban J connectivity index is 1.73. The smallest absolute Gasteiger partial charge is 0.340 e. The number of pyridine rings is 1. The van der Waals surface area contributed by atoms with Crippen molar-refractivity contribution in [2.45, 2.75) is 24.5 Å². The fourth-order valence-corrected chi connectivity index (χ4v) is 5.79. The zero-order valence-electron chi connectivity index (χ0n) is 18.0. The monoisotopic (exact) mass is 511 g/mol. The predicted molar refractivity (Wildman–Crippen MR) is 123 cm³/mol. The number of nitriles is 1. The Labute approximate surface area is 200 Å². The Bertz CT molecular complexity index is 1210. The maximum atomic E-state index is 12.6. The normalized spacial score (nSPS) is 14.4. The number of hydrogen-bond acceptors (Lipinski definition) is 9. The molecule has 0 saturated carbocycles. The molecule has 1 saturated heterocycles. The van der Waals surface area contributed by atoms with Crippen LogP contribution in [0.25, 0.3) is 0 Å². The van der Waals surface area contributed by atoms with Crippen LogP contribution >= 0.6 is 22.9 Å². The van der Waals surface area contributed by atoms with Crippen LogP contribution in [0.3, 0.4) is 0 Å². The number of aromatic nitrogens is 1. The van der Waals surface area contributed by atoms with Gasteiger partial charge in [0.15, 0.2) is 0 Å². The number of esters is 1. The summed E-state index contributed by atoms with van der Waals surface area (Å²) in [5.41, 5.74) is 0.882. The number of halogens is 1. The van der Waals surface area contributed by atoms with Crippen molar-refractivity contribution in [3.8, 4) is 6.07 Å². The molecule has 1 fully saturated rings. The molecule has 2 aromatic rings. The number of thiophene rings is 1. The SMILES string of the molecule is CCOC(=O)c1cc(C#N)c(N2CCCN(C(=O)NS(=O)(=O)c3ccc(Cl)s3)CC2)nc1C. The van der Waals surface area contributed by atoms with Crippen molar-refractivity contribution >= 4 is 50.8 Å². The van der Waals surface area contributed by atoms with E-state index in [4.69, 9.17) is 16.3 Å². The number of nitrogens with one attached hydrogen (secondary N) is 1. The van der Waals surface area contributed by atoms with E-state index in [1.54, 1.807) is 13.8 Å². The molecule has 176 valence electrons. The maximum Gasteiger partial charge on any atom is 0.340 e. The molecule has 1 N–H and O–H groups in total. The Morgan fingerprint density at radius 3 is 2.70 bits per heavy atom. The quantitative estimate of drug-likeness (QED) is 0.606. The van der Waals surface area contributed by atoms with Crippen molar-refractivity contribution in [1.82, 2.24) is 14.6 Å². The summed E-state index contributed by atoms with van der Waals surface area (Å²) >= 11 is 6.66. The predicted octanol–water partition coefficient (Wildman–Crippen LogP) is 2.76. The lowest BCUT2D eigenvalue weighted by atomic mass is 10.1. The summed E-state index contributed by atoms with van der Waals surface area (Å²) in [7, 11) is -4.02. The molecule has 0 radical (unpaired) electrons. The van der Waals surface area contributed by atoms with E-state index >= 15 is 0 Å². The average Bonchev–Trinajstić information content (AvgIpc) is 3.06. The van der Waals surface area contributed by atoms with Gasteiger partial charge in [0.2, 0.25) is 0 Å². The van der Waals surface area contributed by atoms with E-state index in [-0.39, 0.29) is 28.5 Å². The van der Waals surface area contributed by atoms with Gasteiger partial charge in [-0.2, -0.15) is 5.26 Å². The van der Waals surface area contributed by atoms with Gasteiger partial charge in [0.05, 0.1) is 27.8 Å². The molecule has 0 unspecified atom stereocenters. The van der Waals surface area contributed by atoms with Crippen LogP contribution in [0.4, 0.5) is 10.6 Å². The third-order valence-electron chi connectivity index (χ3n) is 4.93. The van der Waals surface area contributed by atoms with Gasteiger partial charge in [-0.05, 0) is 38.5 Å². The summed E-state index contributed by atoms with van der Waals surface area (Å²) in [6, 6.07) is 5.58. The molecule has 2 amide bonds. The molecule has 3 heterocycles. The fraction of sp³-hybridized carbons (Fsp3) is 0.400. The van der Waals surface area contributed by atoms with Crippen LogP contribution in [0.2, 0.25) is 4.34 Å². The van der Waals surface area contributed by atoms with Gasteiger partial charge in [-0.3, -0.25) is 0 Å². The van der Waals surface area contributed by atoms with Crippen molar-refractivity contribution in [2.24, 2.45) is 0 Å². The summed E-state index contributed by atoms with van der Waals surface area (Å²) in [5, 5.41) is 9.61. The molecule has 0 aliphatic carbocycles. The Hall–Kier alpha value is -2.88. The molecule has 0 atom stereocenters.